The van der Waals surface area contributed by atoms with Gasteiger partial charge in [-0.1, -0.05) is 32.9 Å². The minimum atomic E-state index is -1.13. The Kier molecular flexibility index (Phi) is 11.0. The minimum absolute atomic E-state index is 0.00641. The summed E-state index contributed by atoms with van der Waals surface area (Å²) in [5, 5.41) is 26.2. The second-order valence-corrected chi connectivity index (χ2v) is 14.6. The van der Waals surface area contributed by atoms with E-state index in [1.54, 1.807) is 9.42 Å². The van der Waals surface area contributed by atoms with Crippen molar-refractivity contribution in [1.29, 1.82) is 0 Å². The number of piperazine rings is 1. The second kappa shape index (κ2) is 16.0. The molecule has 0 bridgehead atoms. The Morgan fingerprint density at radius 3 is 2.39 bits per heavy atom. The highest BCUT2D eigenvalue weighted by Gasteiger charge is 2.45. The average Bonchev–Trinajstić information content (AvgIpc) is 3.72. The molecule has 3 aliphatic rings. The molecule has 5 heterocycles. The van der Waals surface area contributed by atoms with E-state index in [1.807, 2.05) is 48.4 Å². The molecule has 2 aromatic heterocycles. The topological polar surface area (TPSA) is 194 Å². The Balaban J connectivity index is 0.923. The van der Waals surface area contributed by atoms with E-state index in [-0.39, 0.29) is 60.7 Å². The minimum Gasteiger partial charge on any atom is -0.394 e. The number of amides is 6. The molecule has 2 fully saturated rings. The van der Waals surface area contributed by atoms with E-state index in [2.05, 4.69) is 40.2 Å². The predicted octanol–water partition coefficient (Wildman–Crippen LogP) is 3.54. The third-order valence-electron chi connectivity index (χ3n) is 10.5. The maximum Gasteiger partial charge on any atom is 0.321 e. The van der Waals surface area contributed by atoms with Crippen molar-refractivity contribution in [3.05, 3.63) is 82.3 Å². The van der Waals surface area contributed by atoms with Gasteiger partial charge in [0.05, 0.1) is 30.0 Å². The monoisotopic (exact) mass is 768 g/mol. The number of urea groups is 1. The van der Waals surface area contributed by atoms with Crippen LogP contribution in [0.1, 0.15) is 83.4 Å². The van der Waals surface area contributed by atoms with Gasteiger partial charge in [0.25, 0.3) is 11.8 Å². The molecule has 56 heavy (non-hydrogen) atoms. The molecule has 3 aliphatic heterocycles. The Morgan fingerprint density at radius 1 is 1.02 bits per heavy atom. The van der Waals surface area contributed by atoms with Crippen LogP contribution >= 0.6 is 0 Å². The first kappa shape index (κ1) is 38.3. The summed E-state index contributed by atoms with van der Waals surface area (Å²) in [5.41, 5.74) is 3.50. The molecule has 16 nitrogen and oxygen atoms in total. The van der Waals surface area contributed by atoms with Crippen molar-refractivity contribution in [2.75, 3.05) is 48.7 Å². The van der Waals surface area contributed by atoms with Crippen LogP contribution in [0.2, 0.25) is 0 Å². The SMILES string of the molecule is CCC(CO)Nc1cc(NCc2ccc(NC(=O)N3CCN(Cc4cc5c(cc4F)C(=O)N(C4CCC(=O)NC4=O)C5=O)CC3)cc2)n2ncc(C(C)C)c2n1. The zero-order valence-corrected chi connectivity index (χ0v) is 31.5. The molecular formula is C39H45FN10O6. The fourth-order valence-electron chi connectivity index (χ4n) is 7.18. The Morgan fingerprint density at radius 2 is 1.73 bits per heavy atom. The number of aromatic nitrogens is 3. The number of imide groups is 2. The van der Waals surface area contributed by atoms with E-state index < -0.39 is 35.5 Å². The number of aliphatic hydroxyl groups excluding tert-OH is 1. The van der Waals surface area contributed by atoms with E-state index >= 15 is 4.39 Å². The first-order valence-electron chi connectivity index (χ1n) is 18.8. The van der Waals surface area contributed by atoms with Crippen molar-refractivity contribution < 1.29 is 33.5 Å². The first-order chi connectivity index (χ1) is 26.9. The highest BCUT2D eigenvalue weighted by molar-refractivity contribution is 6.23. The smallest absolute Gasteiger partial charge is 0.321 e. The summed E-state index contributed by atoms with van der Waals surface area (Å²) in [7, 11) is 0. The van der Waals surface area contributed by atoms with Gasteiger partial charge >= 0.3 is 6.03 Å². The molecule has 4 aromatic rings. The third-order valence-corrected chi connectivity index (χ3v) is 10.5. The van der Waals surface area contributed by atoms with Gasteiger partial charge < -0.3 is 26.0 Å². The van der Waals surface area contributed by atoms with Crippen molar-refractivity contribution in [2.45, 2.75) is 71.1 Å². The van der Waals surface area contributed by atoms with Crippen molar-refractivity contribution >= 4 is 52.6 Å². The highest BCUT2D eigenvalue weighted by atomic mass is 19.1. The third kappa shape index (κ3) is 7.77. The number of anilines is 3. The zero-order valence-electron chi connectivity index (χ0n) is 31.5. The number of piperidine rings is 1. The number of hydrogen-bond acceptors (Lipinski definition) is 11. The van der Waals surface area contributed by atoms with Crippen LogP contribution in [0.4, 0.5) is 26.5 Å². The summed E-state index contributed by atoms with van der Waals surface area (Å²) >= 11 is 0. The summed E-state index contributed by atoms with van der Waals surface area (Å²) in [6.45, 7) is 8.50. The summed E-state index contributed by atoms with van der Waals surface area (Å²) in [4.78, 5) is 72.6. The lowest BCUT2D eigenvalue weighted by atomic mass is 10.0. The molecule has 2 atom stereocenters. The van der Waals surface area contributed by atoms with Gasteiger partial charge in [-0.2, -0.15) is 9.61 Å². The first-order valence-corrected chi connectivity index (χ1v) is 18.8. The van der Waals surface area contributed by atoms with Gasteiger partial charge in [-0.05, 0) is 48.6 Å². The molecule has 7 rings (SSSR count). The van der Waals surface area contributed by atoms with Crippen LogP contribution in [0, 0.1) is 5.82 Å². The van der Waals surface area contributed by atoms with Crippen molar-refractivity contribution in [2.24, 2.45) is 0 Å². The van der Waals surface area contributed by atoms with E-state index in [0.717, 1.165) is 40.0 Å². The number of rotatable bonds is 12. The second-order valence-electron chi connectivity index (χ2n) is 14.6. The summed E-state index contributed by atoms with van der Waals surface area (Å²) in [5.74, 6) is -1.68. The van der Waals surface area contributed by atoms with E-state index in [0.29, 0.717) is 44.2 Å². The van der Waals surface area contributed by atoms with E-state index in [9.17, 15) is 29.1 Å². The molecule has 5 N–H and O–H groups in total. The normalized spacial score (nSPS) is 18.1. The number of carbonyl (C=O) groups excluding carboxylic acids is 5. The standard InChI is InChI=1S/C39H45FN10O6/c1-4-25(21-51)43-32-17-33(50-35(45-32)29(19-42-50)22(2)3)41-18-23-5-7-26(8-6-23)44-39(56)48-13-11-47(12-14-48)20-24-15-27-28(16-30(24)40)38(55)49(37(27)54)31-9-10-34(52)46-36(31)53/h5-8,15-17,19,22,25,31,41,51H,4,9-14,18,20-21H2,1-3H3,(H,43,45)(H,44,56)(H,46,52,53). The lowest BCUT2D eigenvalue weighted by molar-refractivity contribution is -0.136. The number of hydrogen-bond donors (Lipinski definition) is 5. The lowest BCUT2D eigenvalue weighted by Crippen LogP contribution is -2.54. The number of halogens is 1. The number of benzene rings is 2. The predicted molar refractivity (Wildman–Crippen MR) is 205 cm³/mol. The van der Waals surface area contributed by atoms with Gasteiger partial charge in [-0.3, -0.25) is 34.3 Å². The summed E-state index contributed by atoms with van der Waals surface area (Å²) in [6.07, 6.45) is 2.57. The Hall–Kier alpha value is -5.94. The molecule has 17 heteroatoms. The summed E-state index contributed by atoms with van der Waals surface area (Å²) < 4.78 is 17.0. The van der Waals surface area contributed by atoms with Crippen molar-refractivity contribution in [3.8, 4) is 0 Å². The number of nitrogens with zero attached hydrogens (tertiary/aromatic N) is 6. The van der Waals surface area contributed by atoms with Gasteiger partial charge in [0.2, 0.25) is 11.8 Å². The molecular weight excluding hydrogens is 723 g/mol. The Labute approximate surface area is 322 Å². The lowest BCUT2D eigenvalue weighted by Gasteiger charge is -2.34. The Bertz CT molecular complexity index is 2180. The summed E-state index contributed by atoms with van der Waals surface area (Å²) in [6, 6.07) is 10.3. The average molecular weight is 769 g/mol. The quantitative estimate of drug-likeness (QED) is 0.133. The molecule has 2 aromatic carbocycles. The van der Waals surface area contributed by atoms with Gasteiger partial charge in [-0.25, -0.2) is 14.2 Å². The molecule has 0 radical (unpaired) electrons. The molecule has 6 amide bonds. The molecule has 0 saturated carbocycles. The van der Waals surface area contributed by atoms with Crippen LogP contribution in [0.5, 0.6) is 0 Å². The molecule has 2 saturated heterocycles. The maximum absolute atomic E-state index is 15.3. The van der Waals surface area contributed by atoms with Gasteiger partial charge in [-0.15, -0.1) is 0 Å². The number of nitrogens with one attached hydrogen (secondary N) is 4. The van der Waals surface area contributed by atoms with Crippen molar-refractivity contribution in [1.82, 2.24) is 34.6 Å². The van der Waals surface area contributed by atoms with E-state index in [4.69, 9.17) is 4.98 Å². The molecule has 2 unspecified atom stereocenters. The van der Waals surface area contributed by atoms with Crippen molar-refractivity contribution in [3.63, 3.8) is 0 Å². The van der Waals surface area contributed by atoms with Crippen LogP contribution in [0.25, 0.3) is 5.65 Å². The van der Waals surface area contributed by atoms with Crippen LogP contribution in [-0.4, -0.2) is 109 Å². The van der Waals surface area contributed by atoms with Crippen LogP contribution in [-0.2, 0) is 22.7 Å². The highest BCUT2D eigenvalue weighted by Crippen LogP contribution is 2.31. The van der Waals surface area contributed by atoms with Crippen LogP contribution in [0.15, 0.2) is 48.7 Å². The van der Waals surface area contributed by atoms with Gasteiger partial charge in [0.15, 0.2) is 5.65 Å². The number of carbonyl (C=O) groups is 5. The van der Waals surface area contributed by atoms with Gasteiger partial charge in [0.1, 0.15) is 23.5 Å². The fraction of sp³-hybridized carbons (Fsp3) is 0.410. The van der Waals surface area contributed by atoms with Crippen LogP contribution in [0.3, 0.4) is 0 Å². The zero-order chi connectivity index (χ0) is 39.7. The van der Waals surface area contributed by atoms with Gasteiger partial charge in [0, 0.05) is 68.6 Å². The largest absolute Gasteiger partial charge is 0.394 e. The maximum atomic E-state index is 15.3. The number of fused-ring (bicyclic) bond motifs is 2. The molecule has 0 spiro atoms. The molecule has 0 aliphatic carbocycles. The fourth-order valence-corrected chi connectivity index (χ4v) is 7.18. The molecule has 294 valence electrons. The number of aliphatic hydroxyl groups is 1. The van der Waals surface area contributed by atoms with E-state index in [1.165, 1.54) is 6.07 Å². The van der Waals surface area contributed by atoms with Crippen LogP contribution < -0.4 is 21.3 Å².